The molecule has 2 atom stereocenters. The van der Waals surface area contributed by atoms with E-state index < -0.39 is 0 Å². The van der Waals surface area contributed by atoms with E-state index in [4.69, 9.17) is 4.98 Å². The number of nitriles is 1. The third kappa shape index (κ3) is 4.61. The van der Waals surface area contributed by atoms with E-state index in [1.54, 1.807) is 24.5 Å². The van der Waals surface area contributed by atoms with Gasteiger partial charge in [-0.25, -0.2) is 4.52 Å². The molecule has 4 aromatic rings. The summed E-state index contributed by atoms with van der Waals surface area (Å²) in [5.74, 6) is 1.86. The first-order chi connectivity index (χ1) is 18.7. The zero-order valence-corrected chi connectivity index (χ0v) is 23.6. The Kier molecular flexibility index (Phi) is 6.46. The Balaban J connectivity index is 1.30. The summed E-state index contributed by atoms with van der Waals surface area (Å²) in [7, 11) is 0. The molecule has 2 unspecified atom stereocenters. The van der Waals surface area contributed by atoms with E-state index in [9.17, 15) is 10.1 Å². The van der Waals surface area contributed by atoms with Gasteiger partial charge in [0.1, 0.15) is 16.9 Å². The summed E-state index contributed by atoms with van der Waals surface area (Å²) in [5, 5.41) is 28.5. The molecular weight excluding hydrogens is 506 g/mol. The van der Waals surface area contributed by atoms with E-state index >= 15 is 0 Å². The highest BCUT2D eigenvalue weighted by Crippen LogP contribution is 2.60. The summed E-state index contributed by atoms with van der Waals surface area (Å²) in [6.45, 7) is 8.30. The smallest absolute Gasteiger partial charge is 0.151 e. The molecule has 1 N–H and O–H groups in total. The number of hydrogen-bond donors (Lipinski definition) is 1. The summed E-state index contributed by atoms with van der Waals surface area (Å²) in [6.07, 6.45) is 8.75. The Labute approximate surface area is 232 Å². The number of nitrogens with zero attached hydrogens (tertiary/aromatic N) is 6. The molecule has 200 valence electrons. The number of aromatic nitrogens is 5. The minimum absolute atomic E-state index is 0.137. The molecule has 2 saturated carbocycles. The van der Waals surface area contributed by atoms with Crippen LogP contribution in [-0.2, 0) is 4.79 Å². The fourth-order valence-corrected chi connectivity index (χ4v) is 7.93. The van der Waals surface area contributed by atoms with E-state index in [0.717, 1.165) is 51.0 Å². The molecule has 39 heavy (non-hydrogen) atoms. The van der Waals surface area contributed by atoms with Crippen LogP contribution in [0.3, 0.4) is 0 Å². The van der Waals surface area contributed by atoms with Crippen LogP contribution in [-0.4, -0.2) is 36.6 Å². The van der Waals surface area contributed by atoms with Gasteiger partial charge in [0.05, 0.1) is 34.2 Å². The molecule has 2 fully saturated rings. The quantitative estimate of drug-likeness (QED) is 0.286. The summed E-state index contributed by atoms with van der Waals surface area (Å²) < 4.78 is 1.81. The Morgan fingerprint density at radius 3 is 2.67 bits per heavy atom. The van der Waals surface area contributed by atoms with Gasteiger partial charge in [0, 0.05) is 30.3 Å². The zero-order valence-electron chi connectivity index (χ0n) is 22.8. The van der Waals surface area contributed by atoms with Crippen LogP contribution in [0.15, 0.2) is 36.7 Å². The fraction of sp³-hybridized carbons (Fsp3) is 0.467. The second-order valence-electron chi connectivity index (χ2n) is 11.8. The number of ketones is 1. The number of pyridine rings is 1. The van der Waals surface area contributed by atoms with Gasteiger partial charge < -0.3 is 10.1 Å². The van der Waals surface area contributed by atoms with Gasteiger partial charge in [0.2, 0.25) is 0 Å². The number of carbonyl (C=O) groups is 1. The maximum Gasteiger partial charge on any atom is 0.151 e. The van der Waals surface area contributed by atoms with Gasteiger partial charge in [0.25, 0.3) is 0 Å². The van der Waals surface area contributed by atoms with Crippen molar-refractivity contribution in [1.82, 2.24) is 24.8 Å². The highest BCUT2D eigenvalue weighted by Gasteiger charge is 2.52. The van der Waals surface area contributed by atoms with Crippen molar-refractivity contribution >= 4 is 28.3 Å². The molecule has 2 bridgehead atoms. The second-order valence-corrected chi connectivity index (χ2v) is 12.8. The number of hydrogen-bond acceptors (Lipinski definition) is 8. The largest absolute Gasteiger partial charge is 0.382 e. The van der Waals surface area contributed by atoms with Crippen LogP contribution in [0.2, 0.25) is 0 Å². The van der Waals surface area contributed by atoms with Gasteiger partial charge in [-0.15, -0.1) is 10.2 Å². The summed E-state index contributed by atoms with van der Waals surface area (Å²) >= 11 is 1.67. The number of Topliss-reactive ketones (excluding diaryl/α,β-unsaturated/α-hetero) is 1. The van der Waals surface area contributed by atoms with Gasteiger partial charge in [-0.05, 0) is 88.0 Å². The Hall–Kier alpha value is -3.64. The summed E-state index contributed by atoms with van der Waals surface area (Å²) in [5.41, 5.74) is 5.06. The van der Waals surface area contributed by atoms with Crippen molar-refractivity contribution in [2.24, 2.45) is 17.3 Å². The number of anilines is 1. The fourth-order valence-electron chi connectivity index (χ4n) is 6.94. The van der Waals surface area contributed by atoms with Crippen molar-refractivity contribution in [1.29, 1.82) is 5.26 Å². The van der Waals surface area contributed by atoms with E-state index in [-0.39, 0.29) is 11.5 Å². The lowest BCUT2D eigenvalue weighted by atomic mass is 9.61. The van der Waals surface area contributed by atoms with Crippen LogP contribution >= 0.6 is 11.3 Å². The molecule has 4 aromatic heterocycles. The zero-order chi connectivity index (χ0) is 27.3. The lowest BCUT2D eigenvalue weighted by molar-refractivity contribution is -0.121. The molecule has 0 aromatic carbocycles. The van der Waals surface area contributed by atoms with Gasteiger partial charge in [-0.2, -0.15) is 10.4 Å². The molecule has 0 spiro atoms. The van der Waals surface area contributed by atoms with Crippen LogP contribution in [0.25, 0.3) is 27.5 Å². The van der Waals surface area contributed by atoms with E-state index in [1.165, 1.54) is 12.8 Å². The standard InChI is InChI=1S/C30H33N7OS/c1-17(2)34-25-12-26(27-8-7-23-9-19(14-31)15-33-37(23)27)32-16-24(25)29-36-35-28(39-29)20-10-21-5-6-22(11-20)30(21,4)13-18(3)38/h7-9,12,15-17,20-22H,5-6,10-11,13H2,1-4H3,(H,32,34). The highest BCUT2D eigenvalue weighted by atomic mass is 32.1. The molecule has 2 aliphatic carbocycles. The van der Waals surface area contributed by atoms with E-state index in [1.807, 2.05) is 35.0 Å². The van der Waals surface area contributed by atoms with Crippen molar-refractivity contribution < 1.29 is 4.79 Å². The van der Waals surface area contributed by atoms with E-state index in [2.05, 4.69) is 47.5 Å². The Morgan fingerprint density at radius 2 is 1.97 bits per heavy atom. The average Bonchev–Trinajstić information content (AvgIpc) is 3.57. The molecule has 0 radical (unpaired) electrons. The number of nitrogens with one attached hydrogen (secondary N) is 1. The first-order valence-corrected chi connectivity index (χ1v) is 14.5. The van der Waals surface area contributed by atoms with Gasteiger partial charge in [-0.1, -0.05) is 18.3 Å². The molecule has 9 heteroatoms. The van der Waals surface area contributed by atoms with Crippen LogP contribution in [0, 0.1) is 28.6 Å². The average molecular weight is 540 g/mol. The Morgan fingerprint density at radius 1 is 1.21 bits per heavy atom. The third-order valence-corrected chi connectivity index (χ3v) is 9.88. The first-order valence-electron chi connectivity index (χ1n) is 13.7. The minimum Gasteiger partial charge on any atom is -0.382 e. The van der Waals surface area contributed by atoms with Crippen molar-refractivity contribution in [2.75, 3.05) is 5.32 Å². The Bertz CT molecular complexity index is 1580. The molecule has 8 nitrogen and oxygen atoms in total. The first kappa shape index (κ1) is 25.6. The number of fused-ring (bicyclic) bond motifs is 3. The van der Waals surface area contributed by atoms with Crippen LogP contribution in [0.4, 0.5) is 5.69 Å². The van der Waals surface area contributed by atoms with Gasteiger partial charge in [0.15, 0.2) is 5.01 Å². The number of carbonyl (C=O) groups excluding carboxylic acids is 1. The highest BCUT2D eigenvalue weighted by molar-refractivity contribution is 7.14. The predicted molar refractivity (Wildman–Crippen MR) is 152 cm³/mol. The molecule has 0 amide bonds. The van der Waals surface area contributed by atoms with Crippen molar-refractivity contribution in [3.63, 3.8) is 0 Å². The lowest BCUT2D eigenvalue weighted by Gasteiger charge is -2.43. The van der Waals surface area contributed by atoms with Crippen molar-refractivity contribution in [3.05, 3.63) is 47.2 Å². The monoisotopic (exact) mass is 539 g/mol. The maximum atomic E-state index is 12.0. The number of rotatable bonds is 7. The topological polar surface area (TPSA) is 109 Å². The third-order valence-electron chi connectivity index (χ3n) is 8.76. The molecule has 0 saturated heterocycles. The molecular formula is C30H33N7OS. The van der Waals surface area contributed by atoms with Crippen molar-refractivity contribution in [2.45, 2.75) is 71.8 Å². The predicted octanol–water partition coefficient (Wildman–Crippen LogP) is 6.50. The molecule has 4 heterocycles. The van der Waals surface area contributed by atoms with E-state index in [0.29, 0.717) is 35.5 Å². The minimum atomic E-state index is 0.137. The van der Waals surface area contributed by atoms with Crippen LogP contribution in [0.1, 0.15) is 76.3 Å². The molecule has 0 aliphatic heterocycles. The summed E-state index contributed by atoms with van der Waals surface area (Å²) in [4.78, 5) is 16.8. The second kappa shape index (κ2) is 9.83. The SMILES string of the molecule is CC(=O)CC1(C)C2CCC1CC(c1nnc(-c3cnc(-c4ccc5cc(C#N)cnn45)cc3NC(C)C)s1)C2. The van der Waals surface area contributed by atoms with Gasteiger partial charge >= 0.3 is 0 Å². The van der Waals surface area contributed by atoms with Gasteiger partial charge in [-0.3, -0.25) is 4.98 Å². The maximum absolute atomic E-state index is 12.0. The molecule has 6 rings (SSSR count). The lowest BCUT2D eigenvalue weighted by Crippen LogP contribution is -2.36. The van der Waals surface area contributed by atoms with Crippen LogP contribution < -0.4 is 5.32 Å². The van der Waals surface area contributed by atoms with Crippen LogP contribution in [0.5, 0.6) is 0 Å². The molecule has 2 aliphatic rings. The summed E-state index contributed by atoms with van der Waals surface area (Å²) in [6, 6.07) is 10.2. The normalized spacial score (nSPS) is 24.3. The van der Waals surface area contributed by atoms with Crippen molar-refractivity contribution in [3.8, 4) is 28.0 Å².